The van der Waals surface area contributed by atoms with E-state index < -0.39 is 0 Å². The van der Waals surface area contributed by atoms with Crippen molar-refractivity contribution < 1.29 is 14.3 Å². The summed E-state index contributed by atoms with van der Waals surface area (Å²) in [6.45, 7) is 0.348. The molecule has 0 bridgehead atoms. The summed E-state index contributed by atoms with van der Waals surface area (Å²) in [4.78, 5) is 21.6. The molecular weight excluding hydrogens is 182 g/mol. The van der Waals surface area contributed by atoms with Crippen molar-refractivity contribution in [3.05, 3.63) is 23.8 Å². The molecule has 1 amide bonds. The van der Waals surface area contributed by atoms with Crippen molar-refractivity contribution in [3.8, 4) is 5.75 Å². The Bertz CT molecular complexity index is 387. The number of anilines is 1. The lowest BCUT2D eigenvalue weighted by Crippen LogP contribution is -2.10. The fraction of sp³-hybridized carbons (Fsp3) is 0.200. The Balaban J connectivity index is 2.40. The zero-order valence-corrected chi connectivity index (χ0v) is 7.45. The number of fused-ring (bicyclic) bond motifs is 1. The minimum atomic E-state index is -0.0670. The Kier molecular flexibility index (Phi) is 2.18. The third kappa shape index (κ3) is 1.59. The molecule has 0 saturated carbocycles. The van der Waals surface area contributed by atoms with Crippen LogP contribution in [-0.2, 0) is 4.79 Å². The molecule has 1 heterocycles. The van der Waals surface area contributed by atoms with E-state index in [2.05, 4.69) is 5.32 Å². The van der Waals surface area contributed by atoms with E-state index in [9.17, 15) is 9.59 Å². The van der Waals surface area contributed by atoms with Gasteiger partial charge in [-0.1, -0.05) is 0 Å². The molecule has 2 rings (SSSR count). The summed E-state index contributed by atoms with van der Waals surface area (Å²) in [6.07, 6.45) is 1.08. The first-order valence-corrected chi connectivity index (χ1v) is 4.31. The highest BCUT2D eigenvalue weighted by atomic mass is 16.5. The monoisotopic (exact) mass is 191 g/mol. The Morgan fingerprint density at radius 2 is 2.29 bits per heavy atom. The van der Waals surface area contributed by atoms with Gasteiger partial charge in [-0.3, -0.25) is 9.59 Å². The van der Waals surface area contributed by atoms with E-state index in [-0.39, 0.29) is 5.91 Å². The molecule has 0 spiro atoms. The molecule has 4 nitrogen and oxygen atoms in total. The average Bonchev–Trinajstić information content (AvgIpc) is 2.37. The summed E-state index contributed by atoms with van der Waals surface area (Å²) in [5.41, 5.74) is 1.16. The molecule has 1 N–H and O–H groups in total. The van der Waals surface area contributed by atoms with Gasteiger partial charge in [0.1, 0.15) is 12.0 Å². The molecule has 0 saturated heterocycles. The second-order valence-corrected chi connectivity index (χ2v) is 3.02. The number of rotatable bonds is 1. The van der Waals surface area contributed by atoms with Crippen LogP contribution in [-0.4, -0.2) is 18.8 Å². The number of hydrogen-bond acceptors (Lipinski definition) is 3. The van der Waals surface area contributed by atoms with Crippen LogP contribution in [0.3, 0.4) is 0 Å². The normalized spacial score (nSPS) is 14.7. The van der Waals surface area contributed by atoms with Gasteiger partial charge < -0.3 is 10.1 Å². The highest BCUT2D eigenvalue weighted by Gasteiger charge is 2.13. The minimum Gasteiger partial charge on any atom is -0.491 e. The molecule has 0 aliphatic carbocycles. The number of amides is 1. The maximum Gasteiger partial charge on any atom is 0.227 e. The SMILES string of the molecule is O=Cc1ccc2c(c1)OCCC(=O)N2. The molecular formula is C10H9NO3. The zero-order chi connectivity index (χ0) is 9.97. The molecule has 4 heteroatoms. The van der Waals surface area contributed by atoms with Gasteiger partial charge in [0.2, 0.25) is 5.91 Å². The van der Waals surface area contributed by atoms with Crippen LogP contribution in [0.1, 0.15) is 16.8 Å². The lowest BCUT2D eigenvalue weighted by molar-refractivity contribution is -0.116. The predicted molar refractivity (Wildman–Crippen MR) is 50.6 cm³/mol. The van der Waals surface area contributed by atoms with Crippen molar-refractivity contribution >= 4 is 17.9 Å². The van der Waals surface area contributed by atoms with Crippen LogP contribution in [0, 0.1) is 0 Å². The van der Waals surface area contributed by atoms with Crippen LogP contribution < -0.4 is 10.1 Å². The fourth-order valence-corrected chi connectivity index (χ4v) is 1.30. The summed E-state index contributed by atoms with van der Waals surface area (Å²) in [6, 6.07) is 4.93. The molecule has 1 aromatic carbocycles. The van der Waals surface area contributed by atoms with Crippen LogP contribution >= 0.6 is 0 Å². The topological polar surface area (TPSA) is 55.4 Å². The molecule has 0 unspecified atom stereocenters. The molecule has 0 radical (unpaired) electrons. The smallest absolute Gasteiger partial charge is 0.227 e. The lowest BCUT2D eigenvalue weighted by Gasteiger charge is -2.06. The van der Waals surface area contributed by atoms with Crippen molar-refractivity contribution in [1.29, 1.82) is 0 Å². The Labute approximate surface area is 80.9 Å². The first kappa shape index (κ1) is 8.74. The Morgan fingerprint density at radius 1 is 1.43 bits per heavy atom. The van der Waals surface area contributed by atoms with Gasteiger partial charge in [0, 0.05) is 5.56 Å². The van der Waals surface area contributed by atoms with Gasteiger partial charge in [0.15, 0.2) is 0 Å². The van der Waals surface area contributed by atoms with Gasteiger partial charge in [-0.25, -0.2) is 0 Å². The number of ether oxygens (including phenoxy) is 1. The van der Waals surface area contributed by atoms with Crippen molar-refractivity contribution in [2.75, 3.05) is 11.9 Å². The van der Waals surface area contributed by atoms with Crippen LogP contribution in [0.4, 0.5) is 5.69 Å². The summed E-state index contributed by atoms with van der Waals surface area (Å²) >= 11 is 0. The maximum atomic E-state index is 11.1. The van der Waals surface area contributed by atoms with E-state index in [4.69, 9.17) is 4.74 Å². The standard InChI is InChI=1S/C10H9NO3/c12-6-7-1-2-8-9(5-7)14-4-3-10(13)11-8/h1-2,5-6H,3-4H2,(H,11,13). The van der Waals surface area contributed by atoms with Crippen molar-refractivity contribution in [1.82, 2.24) is 0 Å². The van der Waals surface area contributed by atoms with Crippen LogP contribution in [0.5, 0.6) is 5.75 Å². The third-order valence-corrected chi connectivity index (χ3v) is 2.00. The number of carbonyl (C=O) groups is 2. The van der Waals surface area contributed by atoms with Gasteiger partial charge in [0.25, 0.3) is 0 Å². The molecule has 14 heavy (non-hydrogen) atoms. The molecule has 1 aliphatic rings. The van der Waals surface area contributed by atoms with Gasteiger partial charge in [-0.2, -0.15) is 0 Å². The number of carbonyl (C=O) groups excluding carboxylic acids is 2. The second-order valence-electron chi connectivity index (χ2n) is 3.02. The van der Waals surface area contributed by atoms with Gasteiger partial charge in [0.05, 0.1) is 18.7 Å². The first-order valence-electron chi connectivity index (χ1n) is 4.31. The van der Waals surface area contributed by atoms with E-state index >= 15 is 0 Å². The lowest BCUT2D eigenvalue weighted by atomic mass is 10.2. The van der Waals surface area contributed by atoms with Gasteiger partial charge in [-0.15, -0.1) is 0 Å². The van der Waals surface area contributed by atoms with E-state index in [0.29, 0.717) is 30.0 Å². The second kappa shape index (κ2) is 3.49. The highest BCUT2D eigenvalue weighted by Crippen LogP contribution is 2.27. The number of nitrogens with one attached hydrogen (secondary N) is 1. The minimum absolute atomic E-state index is 0.0670. The fourth-order valence-electron chi connectivity index (χ4n) is 1.30. The zero-order valence-electron chi connectivity index (χ0n) is 7.45. The van der Waals surface area contributed by atoms with Crippen molar-refractivity contribution in [3.63, 3.8) is 0 Å². The number of aldehydes is 1. The molecule has 0 aromatic heterocycles. The van der Waals surface area contributed by atoms with Crippen molar-refractivity contribution in [2.24, 2.45) is 0 Å². The van der Waals surface area contributed by atoms with Crippen LogP contribution in [0.2, 0.25) is 0 Å². The van der Waals surface area contributed by atoms with Crippen LogP contribution in [0.25, 0.3) is 0 Å². The van der Waals surface area contributed by atoms with Gasteiger partial charge >= 0.3 is 0 Å². The quantitative estimate of drug-likeness (QED) is 0.679. The average molecular weight is 191 g/mol. The Hall–Kier alpha value is -1.84. The summed E-state index contributed by atoms with van der Waals surface area (Å²) < 4.78 is 5.32. The first-order chi connectivity index (χ1) is 6.79. The summed E-state index contributed by atoms with van der Waals surface area (Å²) in [7, 11) is 0. The van der Waals surface area contributed by atoms with E-state index in [1.54, 1.807) is 18.2 Å². The maximum absolute atomic E-state index is 11.1. The largest absolute Gasteiger partial charge is 0.491 e. The molecule has 1 aliphatic heterocycles. The molecule has 0 atom stereocenters. The molecule has 1 aromatic rings. The van der Waals surface area contributed by atoms with E-state index in [1.807, 2.05) is 0 Å². The van der Waals surface area contributed by atoms with Crippen LogP contribution in [0.15, 0.2) is 18.2 Å². The Morgan fingerprint density at radius 3 is 3.07 bits per heavy atom. The van der Waals surface area contributed by atoms with E-state index in [1.165, 1.54) is 0 Å². The number of benzene rings is 1. The summed E-state index contributed by atoms with van der Waals surface area (Å²) in [5.74, 6) is 0.489. The predicted octanol–water partition coefficient (Wildman–Crippen LogP) is 1.22. The summed E-state index contributed by atoms with van der Waals surface area (Å²) in [5, 5.41) is 2.69. The molecule has 0 fully saturated rings. The van der Waals surface area contributed by atoms with E-state index in [0.717, 1.165) is 6.29 Å². The van der Waals surface area contributed by atoms with Gasteiger partial charge in [-0.05, 0) is 18.2 Å². The number of hydrogen-bond donors (Lipinski definition) is 1. The third-order valence-electron chi connectivity index (χ3n) is 2.00. The highest BCUT2D eigenvalue weighted by molar-refractivity contribution is 5.93. The van der Waals surface area contributed by atoms with Crippen molar-refractivity contribution in [2.45, 2.75) is 6.42 Å². The molecule has 72 valence electrons.